The summed E-state index contributed by atoms with van der Waals surface area (Å²) in [5, 5.41) is 9.21. The van der Waals surface area contributed by atoms with E-state index in [1.54, 1.807) is 0 Å². The van der Waals surface area contributed by atoms with E-state index in [9.17, 15) is 0 Å². The molecule has 0 aromatic carbocycles. The Morgan fingerprint density at radius 1 is 0.425 bits per heavy atom. The van der Waals surface area contributed by atoms with Gasteiger partial charge < -0.3 is 10.6 Å². The third kappa shape index (κ3) is 47.8. The summed E-state index contributed by atoms with van der Waals surface area (Å²) in [6.07, 6.45) is 43.2. The molecule has 0 aromatic rings. The zero-order valence-corrected chi connectivity index (χ0v) is 29.5. The van der Waals surface area contributed by atoms with Gasteiger partial charge in [0.2, 0.25) is 0 Å². The van der Waals surface area contributed by atoms with Crippen molar-refractivity contribution in [1.82, 2.24) is 0 Å². The normalized spacial score (nSPS) is 11.5. The molecule has 0 N–H and O–H groups in total. The summed E-state index contributed by atoms with van der Waals surface area (Å²) in [4.78, 5) is 0. The van der Waals surface area contributed by atoms with Gasteiger partial charge in [-0.1, -0.05) is 182 Å². The van der Waals surface area contributed by atoms with Gasteiger partial charge >= 0.3 is 0 Å². The molecule has 0 aromatic heterocycles. The molecule has 0 saturated heterocycles. The second-order valence-electron chi connectivity index (χ2n) is 11.4. The number of unbranched alkanes of at least 4 members (excludes halogenated alkanes) is 20. The van der Waals surface area contributed by atoms with Crippen molar-refractivity contribution in [1.29, 1.82) is 0 Å². The van der Waals surface area contributed by atoms with Crippen molar-refractivity contribution >= 4 is 0 Å². The van der Waals surface area contributed by atoms with E-state index in [4.69, 9.17) is 0 Å². The maximum absolute atomic E-state index is 4.61. The van der Waals surface area contributed by atoms with E-state index >= 15 is 0 Å². The van der Waals surface area contributed by atoms with E-state index in [1.165, 1.54) is 154 Å². The average molecular weight is 597 g/mol. The van der Waals surface area contributed by atoms with Crippen molar-refractivity contribution in [3.8, 4) is 0 Å². The number of hydrogen-bond acceptors (Lipinski definition) is 0. The van der Waals surface area contributed by atoms with Gasteiger partial charge in [0.15, 0.2) is 0 Å². The molecule has 239 valence electrons. The standard InChI is InChI=1S/2C16H34N.C5H5.V/c2*1-3-5-7-9-11-13-15-17-16-14-12-10-8-6-4-2;1-2-4-5-3-1;/h2*3-16H2,1-2H3;1-3H,4H2;/q3*-1;. The Hall–Kier alpha value is -0.0156. The topological polar surface area (TPSA) is 28.2 Å². The van der Waals surface area contributed by atoms with E-state index in [0.717, 1.165) is 32.6 Å². The van der Waals surface area contributed by atoms with E-state index in [1.807, 2.05) is 12.2 Å². The van der Waals surface area contributed by atoms with Crippen LogP contribution in [0.2, 0.25) is 0 Å². The van der Waals surface area contributed by atoms with E-state index < -0.39 is 0 Å². The van der Waals surface area contributed by atoms with Gasteiger partial charge in [0.05, 0.1) is 0 Å². The van der Waals surface area contributed by atoms with Crippen LogP contribution in [0.4, 0.5) is 0 Å². The largest absolute Gasteiger partial charge is 0.662 e. The van der Waals surface area contributed by atoms with E-state index in [2.05, 4.69) is 50.5 Å². The van der Waals surface area contributed by atoms with Gasteiger partial charge in [0, 0.05) is 18.6 Å². The fraction of sp³-hybridized carbons (Fsp3) is 0.892. The minimum Gasteiger partial charge on any atom is -0.662 e. The Balaban J connectivity index is -0.000000568. The predicted octanol–water partition coefficient (Wildman–Crippen LogP) is 13.5. The number of nitrogens with zero attached hydrogens (tertiary/aromatic N) is 2. The van der Waals surface area contributed by atoms with Crippen molar-refractivity contribution in [3.63, 3.8) is 0 Å². The molecule has 0 atom stereocenters. The van der Waals surface area contributed by atoms with Gasteiger partial charge in [-0.05, 0) is 0 Å². The molecule has 0 aliphatic heterocycles. The second kappa shape index (κ2) is 46.0. The smallest absolute Gasteiger partial charge is 0 e. The number of hydrogen-bond donors (Lipinski definition) is 0. The fourth-order valence-electron chi connectivity index (χ4n) is 4.58. The van der Waals surface area contributed by atoms with Crippen molar-refractivity contribution in [2.24, 2.45) is 0 Å². The van der Waals surface area contributed by atoms with Crippen molar-refractivity contribution in [2.45, 2.75) is 188 Å². The minimum absolute atomic E-state index is 0. The quantitative estimate of drug-likeness (QED) is 0.0635. The van der Waals surface area contributed by atoms with Crippen molar-refractivity contribution in [2.75, 3.05) is 26.2 Å². The Labute approximate surface area is 267 Å². The summed E-state index contributed by atoms with van der Waals surface area (Å²) in [5.41, 5.74) is 0. The van der Waals surface area contributed by atoms with Gasteiger partial charge in [-0.15, -0.1) is 32.6 Å². The van der Waals surface area contributed by atoms with Crippen LogP contribution in [0.1, 0.15) is 188 Å². The van der Waals surface area contributed by atoms with Gasteiger partial charge in [0.1, 0.15) is 0 Å². The predicted molar refractivity (Wildman–Crippen MR) is 181 cm³/mol. The SMILES string of the molecule is CCCCCCCC[N-]CCCCCCCC.CCCCCCCC[N-]CCCCCCCC.[C-]1=CC=CC1.[V]. The molecule has 0 heterocycles. The van der Waals surface area contributed by atoms with Gasteiger partial charge in [0.25, 0.3) is 0 Å². The molecule has 0 spiro atoms. The van der Waals surface area contributed by atoms with Crippen LogP contribution in [0.15, 0.2) is 18.2 Å². The third-order valence-corrected chi connectivity index (χ3v) is 7.26. The van der Waals surface area contributed by atoms with Gasteiger partial charge in [-0.2, -0.15) is 6.08 Å². The molecular formula is C37H73N2V-3. The van der Waals surface area contributed by atoms with Crippen LogP contribution >= 0.6 is 0 Å². The first-order chi connectivity index (χ1) is 19.3. The Bertz CT molecular complexity index is 381. The zero-order valence-electron chi connectivity index (χ0n) is 28.1. The fourth-order valence-corrected chi connectivity index (χ4v) is 4.58. The molecule has 0 bridgehead atoms. The molecule has 1 rings (SSSR count). The van der Waals surface area contributed by atoms with Gasteiger partial charge in [-0.25, -0.2) is 12.2 Å². The first-order valence-electron chi connectivity index (χ1n) is 17.8. The first-order valence-corrected chi connectivity index (χ1v) is 17.8. The summed E-state index contributed by atoms with van der Waals surface area (Å²) in [6, 6.07) is 0. The summed E-state index contributed by atoms with van der Waals surface area (Å²) in [7, 11) is 0. The van der Waals surface area contributed by atoms with Crippen LogP contribution < -0.4 is 0 Å². The van der Waals surface area contributed by atoms with E-state index in [-0.39, 0.29) is 18.6 Å². The zero-order chi connectivity index (χ0) is 28.7. The molecule has 2 nitrogen and oxygen atoms in total. The molecule has 3 heteroatoms. The molecule has 40 heavy (non-hydrogen) atoms. The molecule has 0 fully saturated rings. The first kappa shape index (κ1) is 44.4. The number of rotatable bonds is 28. The monoisotopic (exact) mass is 597 g/mol. The molecule has 0 amide bonds. The Kier molecular flexibility index (Phi) is 51.0. The van der Waals surface area contributed by atoms with Crippen molar-refractivity contribution < 1.29 is 18.6 Å². The maximum atomic E-state index is 4.61. The third-order valence-electron chi connectivity index (χ3n) is 7.26. The van der Waals surface area contributed by atoms with Gasteiger partial charge in [-0.3, -0.25) is 6.08 Å². The van der Waals surface area contributed by atoms with Crippen LogP contribution in [0.5, 0.6) is 0 Å². The van der Waals surface area contributed by atoms with Crippen LogP contribution in [0.25, 0.3) is 10.6 Å². The molecule has 1 aliphatic carbocycles. The molecule has 0 unspecified atom stereocenters. The molecule has 1 radical (unpaired) electrons. The molecule has 1 aliphatic rings. The van der Waals surface area contributed by atoms with Crippen LogP contribution in [0.3, 0.4) is 0 Å². The summed E-state index contributed by atoms with van der Waals surface area (Å²) in [5.74, 6) is 0. The van der Waals surface area contributed by atoms with E-state index in [0.29, 0.717) is 0 Å². The van der Waals surface area contributed by atoms with Crippen LogP contribution in [-0.4, -0.2) is 26.2 Å². The summed E-state index contributed by atoms with van der Waals surface area (Å²) >= 11 is 0. The second-order valence-corrected chi connectivity index (χ2v) is 11.4. The Morgan fingerprint density at radius 3 is 0.900 bits per heavy atom. The molecular weight excluding hydrogens is 523 g/mol. The maximum Gasteiger partial charge on any atom is 0 e. The molecule has 0 saturated carbocycles. The van der Waals surface area contributed by atoms with Crippen LogP contribution in [0, 0.1) is 6.08 Å². The summed E-state index contributed by atoms with van der Waals surface area (Å²) in [6.45, 7) is 13.5. The average Bonchev–Trinajstić information content (AvgIpc) is 3.55. The summed E-state index contributed by atoms with van der Waals surface area (Å²) < 4.78 is 0. The Morgan fingerprint density at radius 2 is 0.700 bits per heavy atom. The minimum atomic E-state index is 0. The van der Waals surface area contributed by atoms with Crippen LogP contribution in [-0.2, 0) is 18.6 Å². The van der Waals surface area contributed by atoms with Crippen molar-refractivity contribution in [3.05, 3.63) is 34.9 Å². The number of allylic oxidation sites excluding steroid dienone is 4.